The van der Waals surface area contributed by atoms with E-state index in [0.29, 0.717) is 22.3 Å². The maximum atomic E-state index is 12.1. The van der Waals surface area contributed by atoms with E-state index in [1.807, 2.05) is 18.2 Å². The van der Waals surface area contributed by atoms with Crippen LogP contribution >= 0.6 is 11.6 Å². The summed E-state index contributed by atoms with van der Waals surface area (Å²) in [5.74, 6) is 1.79. The standard InChI is InChI=1S/C19H14ClN3O5/c20-14-4-2-1-3-12(14)8-22-19(24)28-17-9-21-10-23-18(17)27-13-5-6-15-16(7-13)26-11-25-15/h1-7,9-10H,8,11H2,(H,22,24). The van der Waals surface area contributed by atoms with Crippen LogP contribution in [0.5, 0.6) is 28.9 Å². The number of nitrogens with one attached hydrogen (secondary N) is 1. The van der Waals surface area contributed by atoms with E-state index in [9.17, 15) is 4.79 Å². The van der Waals surface area contributed by atoms with E-state index in [4.69, 9.17) is 30.5 Å². The van der Waals surface area contributed by atoms with Gasteiger partial charge in [-0.2, -0.15) is 4.98 Å². The minimum atomic E-state index is -0.690. The Kier molecular flexibility index (Phi) is 5.11. The summed E-state index contributed by atoms with van der Waals surface area (Å²) < 4.78 is 21.6. The molecular formula is C19H14ClN3O5. The van der Waals surface area contributed by atoms with Gasteiger partial charge in [0.15, 0.2) is 11.5 Å². The summed E-state index contributed by atoms with van der Waals surface area (Å²) in [6, 6.07) is 12.3. The molecule has 9 heteroatoms. The fourth-order valence-corrected chi connectivity index (χ4v) is 2.65. The number of fused-ring (bicyclic) bond motifs is 1. The lowest BCUT2D eigenvalue weighted by Crippen LogP contribution is -2.26. The van der Waals surface area contributed by atoms with Crippen LogP contribution in [0.25, 0.3) is 0 Å². The van der Waals surface area contributed by atoms with Gasteiger partial charge in [-0.3, -0.25) is 0 Å². The highest BCUT2D eigenvalue weighted by atomic mass is 35.5. The topological polar surface area (TPSA) is 91.8 Å². The zero-order valence-electron chi connectivity index (χ0n) is 14.4. The van der Waals surface area contributed by atoms with Gasteiger partial charge < -0.3 is 24.3 Å². The molecule has 8 nitrogen and oxygen atoms in total. The van der Waals surface area contributed by atoms with E-state index in [2.05, 4.69) is 15.3 Å². The summed E-state index contributed by atoms with van der Waals surface area (Å²) in [6.07, 6.45) is 1.94. The first-order valence-corrected chi connectivity index (χ1v) is 8.63. The third kappa shape index (κ3) is 4.07. The van der Waals surface area contributed by atoms with Crippen LogP contribution in [-0.4, -0.2) is 22.9 Å². The molecular weight excluding hydrogens is 386 g/mol. The zero-order chi connectivity index (χ0) is 19.3. The molecule has 1 amide bonds. The third-order valence-corrected chi connectivity index (χ3v) is 4.16. The average molecular weight is 400 g/mol. The maximum absolute atomic E-state index is 12.1. The molecule has 0 atom stereocenters. The van der Waals surface area contributed by atoms with Gasteiger partial charge >= 0.3 is 6.09 Å². The largest absolute Gasteiger partial charge is 0.454 e. The van der Waals surface area contributed by atoms with Gasteiger partial charge in [-0.25, -0.2) is 9.78 Å². The molecule has 0 aliphatic carbocycles. The third-order valence-electron chi connectivity index (χ3n) is 3.79. The summed E-state index contributed by atoms with van der Waals surface area (Å²) in [5.41, 5.74) is 0.766. The fourth-order valence-electron chi connectivity index (χ4n) is 2.45. The number of carbonyl (C=O) groups excluding carboxylic acids is 1. The maximum Gasteiger partial charge on any atom is 0.413 e. The lowest BCUT2D eigenvalue weighted by Gasteiger charge is -2.11. The highest BCUT2D eigenvalue weighted by Crippen LogP contribution is 2.37. The van der Waals surface area contributed by atoms with Crippen LogP contribution in [0.1, 0.15) is 5.56 Å². The van der Waals surface area contributed by atoms with Crippen molar-refractivity contribution in [2.45, 2.75) is 6.54 Å². The number of rotatable bonds is 5. The van der Waals surface area contributed by atoms with E-state index in [1.54, 1.807) is 24.3 Å². The second kappa shape index (κ2) is 8.01. The van der Waals surface area contributed by atoms with Crippen molar-refractivity contribution < 1.29 is 23.7 Å². The first-order valence-electron chi connectivity index (χ1n) is 8.25. The van der Waals surface area contributed by atoms with Crippen molar-refractivity contribution in [1.29, 1.82) is 0 Å². The van der Waals surface area contributed by atoms with Crippen molar-refractivity contribution in [3.63, 3.8) is 0 Å². The molecule has 1 aliphatic rings. The number of aromatic nitrogens is 2. The van der Waals surface area contributed by atoms with Crippen molar-refractivity contribution in [3.8, 4) is 28.9 Å². The normalized spacial score (nSPS) is 11.8. The molecule has 2 heterocycles. The van der Waals surface area contributed by atoms with Crippen LogP contribution in [0.15, 0.2) is 55.0 Å². The Labute approximate surface area is 165 Å². The number of benzene rings is 2. The van der Waals surface area contributed by atoms with Crippen molar-refractivity contribution in [3.05, 3.63) is 65.6 Å². The Morgan fingerprint density at radius 1 is 1.18 bits per heavy atom. The molecule has 0 spiro atoms. The molecule has 4 rings (SSSR count). The molecule has 0 fully saturated rings. The number of nitrogens with zero attached hydrogens (tertiary/aromatic N) is 2. The molecule has 0 saturated carbocycles. The number of amides is 1. The average Bonchev–Trinajstić information content (AvgIpc) is 3.17. The molecule has 0 radical (unpaired) electrons. The molecule has 1 N–H and O–H groups in total. The summed E-state index contributed by atoms with van der Waals surface area (Å²) in [5, 5.41) is 3.17. The van der Waals surface area contributed by atoms with Gasteiger partial charge in [-0.1, -0.05) is 29.8 Å². The molecule has 3 aromatic rings. The fraction of sp³-hybridized carbons (Fsp3) is 0.105. The van der Waals surface area contributed by atoms with Crippen LogP contribution in [0.3, 0.4) is 0 Å². The van der Waals surface area contributed by atoms with Gasteiger partial charge in [-0.05, 0) is 23.8 Å². The van der Waals surface area contributed by atoms with Gasteiger partial charge in [-0.15, -0.1) is 0 Å². The highest BCUT2D eigenvalue weighted by Gasteiger charge is 2.17. The molecule has 28 heavy (non-hydrogen) atoms. The minimum Gasteiger partial charge on any atom is -0.454 e. The number of halogens is 1. The minimum absolute atomic E-state index is 0.0665. The number of hydrogen-bond acceptors (Lipinski definition) is 7. The Morgan fingerprint density at radius 3 is 2.93 bits per heavy atom. The van der Waals surface area contributed by atoms with E-state index in [0.717, 1.165) is 5.56 Å². The van der Waals surface area contributed by atoms with Gasteiger partial charge in [0.05, 0.1) is 6.20 Å². The molecule has 0 bridgehead atoms. The van der Waals surface area contributed by atoms with Gasteiger partial charge in [0.1, 0.15) is 12.1 Å². The van der Waals surface area contributed by atoms with Crippen molar-refractivity contribution >= 4 is 17.7 Å². The van der Waals surface area contributed by atoms with Crippen molar-refractivity contribution in [1.82, 2.24) is 15.3 Å². The van der Waals surface area contributed by atoms with Crippen LogP contribution < -0.4 is 24.3 Å². The molecule has 142 valence electrons. The SMILES string of the molecule is O=C(NCc1ccccc1Cl)Oc1cncnc1Oc1ccc2c(c1)OCO2. The quantitative estimate of drug-likeness (QED) is 0.694. The summed E-state index contributed by atoms with van der Waals surface area (Å²) in [7, 11) is 0. The van der Waals surface area contributed by atoms with Crippen molar-refractivity contribution in [2.75, 3.05) is 6.79 Å². The first-order chi connectivity index (χ1) is 13.7. The van der Waals surface area contributed by atoms with E-state index < -0.39 is 6.09 Å². The highest BCUT2D eigenvalue weighted by molar-refractivity contribution is 6.31. The second-order valence-electron chi connectivity index (χ2n) is 5.64. The lowest BCUT2D eigenvalue weighted by molar-refractivity contribution is 0.174. The van der Waals surface area contributed by atoms with Gasteiger partial charge in [0, 0.05) is 17.6 Å². The molecule has 0 unspecified atom stereocenters. The summed E-state index contributed by atoms with van der Waals surface area (Å²) in [4.78, 5) is 20.0. The Balaban J connectivity index is 1.42. The first kappa shape index (κ1) is 17.9. The molecule has 1 aliphatic heterocycles. The van der Waals surface area contributed by atoms with Crippen LogP contribution in [0.4, 0.5) is 4.79 Å². The number of ether oxygens (including phenoxy) is 4. The predicted octanol–water partition coefficient (Wildman–Crippen LogP) is 3.94. The molecule has 2 aromatic carbocycles. The van der Waals surface area contributed by atoms with Gasteiger partial charge in [0.2, 0.25) is 12.5 Å². The predicted molar refractivity (Wildman–Crippen MR) is 99.0 cm³/mol. The summed E-state index contributed by atoms with van der Waals surface area (Å²) >= 11 is 6.07. The van der Waals surface area contributed by atoms with E-state index in [1.165, 1.54) is 12.5 Å². The van der Waals surface area contributed by atoms with E-state index in [-0.39, 0.29) is 25.0 Å². The smallest absolute Gasteiger partial charge is 0.413 e. The number of hydrogen-bond donors (Lipinski definition) is 1. The zero-order valence-corrected chi connectivity index (χ0v) is 15.2. The van der Waals surface area contributed by atoms with Crippen molar-refractivity contribution in [2.24, 2.45) is 0 Å². The van der Waals surface area contributed by atoms with Gasteiger partial charge in [0.25, 0.3) is 5.88 Å². The molecule has 1 aromatic heterocycles. The van der Waals surface area contributed by atoms with Crippen LogP contribution in [-0.2, 0) is 6.54 Å². The monoisotopic (exact) mass is 399 g/mol. The number of carbonyl (C=O) groups is 1. The van der Waals surface area contributed by atoms with E-state index >= 15 is 0 Å². The van der Waals surface area contributed by atoms with Crippen LogP contribution in [0.2, 0.25) is 5.02 Å². The lowest BCUT2D eigenvalue weighted by atomic mass is 10.2. The second-order valence-corrected chi connectivity index (χ2v) is 6.05. The van der Waals surface area contributed by atoms with Crippen LogP contribution in [0, 0.1) is 0 Å². The Morgan fingerprint density at radius 2 is 2.04 bits per heavy atom. The molecule has 0 saturated heterocycles. The Hall–Kier alpha value is -3.52. The summed E-state index contributed by atoms with van der Waals surface area (Å²) in [6.45, 7) is 0.372. The Bertz CT molecular complexity index is 1010.